The summed E-state index contributed by atoms with van der Waals surface area (Å²) in [6, 6.07) is 12.7. The van der Waals surface area contributed by atoms with Gasteiger partial charge in [-0.3, -0.25) is 4.79 Å². The molecule has 0 saturated heterocycles. The Hall–Kier alpha value is -3.15. The number of benzene rings is 2. The smallest absolute Gasteiger partial charge is 0.362 e. The van der Waals surface area contributed by atoms with Crippen LogP contribution in [0.4, 0.5) is 15.8 Å². The molecule has 1 aliphatic rings. The van der Waals surface area contributed by atoms with Gasteiger partial charge < -0.3 is 15.1 Å². The number of hydrogen-bond donors (Lipinski definition) is 2. The van der Waals surface area contributed by atoms with Gasteiger partial charge in [-0.15, -0.1) is 0 Å². The highest BCUT2D eigenvalue weighted by Crippen LogP contribution is 2.32. The van der Waals surface area contributed by atoms with E-state index in [0.717, 1.165) is 31.1 Å². The molecule has 28 heavy (non-hydrogen) atoms. The fourth-order valence-corrected chi connectivity index (χ4v) is 3.65. The summed E-state index contributed by atoms with van der Waals surface area (Å²) >= 11 is 0. The number of amides is 1. The SMILES string of the molecule is O=C(Nc1c(NC2CCCCC2)c2ccccc2oc1=O)c1ccc(F)cc1. The van der Waals surface area contributed by atoms with E-state index < -0.39 is 17.3 Å². The second-order valence-electron chi connectivity index (χ2n) is 7.08. The van der Waals surface area contributed by atoms with E-state index in [-0.39, 0.29) is 17.3 Å². The van der Waals surface area contributed by atoms with Crippen molar-refractivity contribution in [2.75, 3.05) is 10.6 Å². The molecule has 2 aromatic carbocycles. The molecule has 0 bridgehead atoms. The molecule has 1 amide bonds. The second kappa shape index (κ2) is 7.84. The Morgan fingerprint density at radius 1 is 0.964 bits per heavy atom. The first-order valence-electron chi connectivity index (χ1n) is 9.51. The number of anilines is 2. The number of nitrogens with one attached hydrogen (secondary N) is 2. The molecule has 0 spiro atoms. The summed E-state index contributed by atoms with van der Waals surface area (Å²) < 4.78 is 18.5. The fraction of sp³-hybridized carbons (Fsp3) is 0.273. The fourth-order valence-electron chi connectivity index (χ4n) is 3.65. The minimum atomic E-state index is -0.618. The van der Waals surface area contributed by atoms with Crippen LogP contribution in [0.25, 0.3) is 11.0 Å². The molecule has 4 rings (SSSR count). The molecule has 0 unspecified atom stereocenters. The molecule has 0 atom stereocenters. The molecule has 0 aliphatic heterocycles. The van der Waals surface area contributed by atoms with Crippen LogP contribution in [0.2, 0.25) is 0 Å². The summed E-state index contributed by atoms with van der Waals surface area (Å²) in [5, 5.41) is 6.87. The van der Waals surface area contributed by atoms with Crippen LogP contribution < -0.4 is 16.3 Å². The molecule has 1 saturated carbocycles. The second-order valence-corrected chi connectivity index (χ2v) is 7.08. The lowest BCUT2D eigenvalue weighted by molar-refractivity contribution is 0.102. The van der Waals surface area contributed by atoms with Gasteiger partial charge in [-0.05, 0) is 49.2 Å². The van der Waals surface area contributed by atoms with Crippen molar-refractivity contribution in [1.29, 1.82) is 0 Å². The van der Waals surface area contributed by atoms with Gasteiger partial charge in [-0.1, -0.05) is 31.4 Å². The highest BCUT2D eigenvalue weighted by molar-refractivity contribution is 6.08. The number of rotatable bonds is 4. The van der Waals surface area contributed by atoms with Gasteiger partial charge in [-0.25, -0.2) is 9.18 Å². The number of para-hydroxylation sites is 1. The Bertz CT molecular complexity index is 1050. The monoisotopic (exact) mass is 380 g/mol. The summed E-state index contributed by atoms with van der Waals surface area (Å²) in [7, 11) is 0. The van der Waals surface area contributed by atoms with E-state index in [1.807, 2.05) is 12.1 Å². The quantitative estimate of drug-likeness (QED) is 0.630. The maximum atomic E-state index is 13.1. The van der Waals surface area contributed by atoms with E-state index in [4.69, 9.17) is 4.42 Å². The Morgan fingerprint density at radius 2 is 1.68 bits per heavy atom. The van der Waals surface area contributed by atoms with Gasteiger partial charge >= 0.3 is 5.63 Å². The summed E-state index contributed by atoms with van der Waals surface area (Å²) in [5.41, 5.74) is 0.767. The summed E-state index contributed by atoms with van der Waals surface area (Å²) in [6.07, 6.45) is 5.51. The van der Waals surface area contributed by atoms with Crippen LogP contribution in [-0.2, 0) is 0 Å². The standard InChI is InChI=1S/C22H21FN2O3/c23-15-12-10-14(11-13-15)21(26)25-20-19(24-16-6-2-1-3-7-16)17-8-4-5-9-18(17)28-22(20)27/h4-5,8-13,16,24H,1-3,6-7H2,(H,25,26). The number of fused-ring (bicyclic) bond motifs is 1. The van der Waals surface area contributed by atoms with Crippen LogP contribution in [0.1, 0.15) is 42.5 Å². The third-order valence-electron chi connectivity index (χ3n) is 5.11. The highest BCUT2D eigenvalue weighted by Gasteiger charge is 2.21. The maximum Gasteiger partial charge on any atom is 0.362 e. The third-order valence-corrected chi connectivity index (χ3v) is 5.11. The van der Waals surface area contributed by atoms with Crippen LogP contribution in [0, 0.1) is 5.82 Å². The van der Waals surface area contributed by atoms with Crippen molar-refractivity contribution in [1.82, 2.24) is 0 Å². The summed E-state index contributed by atoms with van der Waals surface area (Å²) in [4.78, 5) is 25.3. The third kappa shape index (κ3) is 3.76. The summed E-state index contributed by atoms with van der Waals surface area (Å²) in [6.45, 7) is 0. The van der Waals surface area contributed by atoms with Gasteiger partial charge in [-0.2, -0.15) is 0 Å². The average Bonchev–Trinajstić information content (AvgIpc) is 2.71. The van der Waals surface area contributed by atoms with Crippen LogP contribution in [0.5, 0.6) is 0 Å². The lowest BCUT2D eigenvalue weighted by atomic mass is 9.95. The minimum absolute atomic E-state index is 0.0820. The van der Waals surface area contributed by atoms with Gasteiger partial charge in [0.25, 0.3) is 5.91 Å². The molecule has 1 fully saturated rings. The first-order valence-corrected chi connectivity index (χ1v) is 9.51. The van der Waals surface area contributed by atoms with Crippen LogP contribution in [-0.4, -0.2) is 11.9 Å². The Balaban J connectivity index is 1.74. The van der Waals surface area contributed by atoms with E-state index in [1.54, 1.807) is 12.1 Å². The zero-order chi connectivity index (χ0) is 19.5. The number of carbonyl (C=O) groups excluding carboxylic acids is 1. The molecule has 144 valence electrons. The zero-order valence-electron chi connectivity index (χ0n) is 15.3. The van der Waals surface area contributed by atoms with E-state index in [0.29, 0.717) is 11.3 Å². The van der Waals surface area contributed by atoms with Crippen LogP contribution in [0.15, 0.2) is 57.7 Å². The predicted octanol–water partition coefficient (Wildman–Crippen LogP) is 4.93. The minimum Gasteiger partial charge on any atom is -0.421 e. The lowest BCUT2D eigenvalue weighted by Gasteiger charge is -2.25. The highest BCUT2D eigenvalue weighted by atomic mass is 19.1. The van der Waals surface area contributed by atoms with Crippen LogP contribution in [0.3, 0.4) is 0 Å². The molecular formula is C22H21FN2O3. The van der Waals surface area contributed by atoms with E-state index in [1.165, 1.54) is 30.7 Å². The van der Waals surface area contributed by atoms with Crippen LogP contribution >= 0.6 is 0 Å². The zero-order valence-corrected chi connectivity index (χ0v) is 15.3. The number of carbonyl (C=O) groups is 1. The van der Waals surface area contributed by atoms with Crippen molar-refractivity contribution in [3.63, 3.8) is 0 Å². The first kappa shape index (κ1) is 18.2. The van der Waals surface area contributed by atoms with Crippen molar-refractivity contribution in [2.24, 2.45) is 0 Å². The van der Waals surface area contributed by atoms with Crippen molar-refractivity contribution in [3.05, 3.63) is 70.3 Å². The van der Waals surface area contributed by atoms with Gasteiger partial charge in [0, 0.05) is 17.0 Å². The van der Waals surface area contributed by atoms with Gasteiger partial charge in [0.05, 0.1) is 5.69 Å². The molecular weight excluding hydrogens is 359 g/mol. The normalized spacial score (nSPS) is 14.8. The van der Waals surface area contributed by atoms with Crippen molar-refractivity contribution in [3.8, 4) is 0 Å². The predicted molar refractivity (Wildman–Crippen MR) is 107 cm³/mol. The van der Waals surface area contributed by atoms with Gasteiger partial charge in [0.15, 0.2) is 5.69 Å². The van der Waals surface area contributed by atoms with Crippen molar-refractivity contribution >= 4 is 28.3 Å². The molecule has 1 aliphatic carbocycles. The van der Waals surface area contributed by atoms with Crippen molar-refractivity contribution < 1.29 is 13.6 Å². The first-order chi connectivity index (χ1) is 13.6. The molecule has 2 N–H and O–H groups in total. The maximum absolute atomic E-state index is 13.1. The van der Waals surface area contributed by atoms with Gasteiger partial charge in [0.1, 0.15) is 11.4 Å². The van der Waals surface area contributed by atoms with E-state index in [2.05, 4.69) is 10.6 Å². The van der Waals surface area contributed by atoms with Gasteiger partial charge in [0.2, 0.25) is 0 Å². The van der Waals surface area contributed by atoms with Crippen molar-refractivity contribution in [2.45, 2.75) is 38.1 Å². The topological polar surface area (TPSA) is 71.3 Å². The van der Waals surface area contributed by atoms with E-state index >= 15 is 0 Å². The summed E-state index contributed by atoms with van der Waals surface area (Å²) in [5.74, 6) is -0.921. The molecule has 0 radical (unpaired) electrons. The molecule has 1 heterocycles. The van der Waals surface area contributed by atoms with E-state index in [9.17, 15) is 14.0 Å². The largest absolute Gasteiger partial charge is 0.421 e. The molecule has 3 aromatic rings. The molecule has 5 nitrogen and oxygen atoms in total. The Morgan fingerprint density at radius 3 is 2.43 bits per heavy atom. The molecule has 6 heteroatoms. The number of hydrogen-bond acceptors (Lipinski definition) is 4. The number of halogens is 1. The lowest BCUT2D eigenvalue weighted by Crippen LogP contribution is -2.26. The Labute approximate surface area is 161 Å². The average molecular weight is 380 g/mol. The Kier molecular flexibility index (Phi) is 5.10. The molecule has 1 aromatic heterocycles.